The second kappa shape index (κ2) is 6.29. The number of nitro groups is 1. The second-order valence-electron chi connectivity index (χ2n) is 4.85. The van der Waals surface area contributed by atoms with Gasteiger partial charge in [0.1, 0.15) is 5.82 Å². The first-order valence-electron chi connectivity index (χ1n) is 6.56. The number of aromatic nitrogens is 2. The van der Waals surface area contributed by atoms with Gasteiger partial charge in [0.05, 0.1) is 4.92 Å². The zero-order valence-electron chi connectivity index (χ0n) is 11.4. The molecular formula is C14H18N4O2. The lowest BCUT2D eigenvalue weighted by Gasteiger charge is -2.09. The molecular weight excluding hydrogens is 256 g/mol. The summed E-state index contributed by atoms with van der Waals surface area (Å²) in [6.07, 6.45) is 4.91. The van der Waals surface area contributed by atoms with E-state index in [1.165, 1.54) is 6.07 Å². The lowest BCUT2D eigenvalue weighted by Crippen LogP contribution is -2.21. The lowest BCUT2D eigenvalue weighted by atomic mass is 10.1. The highest BCUT2D eigenvalue weighted by Crippen LogP contribution is 2.18. The van der Waals surface area contributed by atoms with Gasteiger partial charge in [-0.05, 0) is 13.3 Å². The average molecular weight is 274 g/mol. The van der Waals surface area contributed by atoms with Crippen LogP contribution in [-0.4, -0.2) is 20.5 Å². The van der Waals surface area contributed by atoms with Crippen LogP contribution >= 0.6 is 0 Å². The summed E-state index contributed by atoms with van der Waals surface area (Å²) in [5, 5.41) is 11.0. The van der Waals surface area contributed by atoms with Gasteiger partial charge in [0.15, 0.2) is 0 Å². The van der Waals surface area contributed by atoms with Crippen LogP contribution in [-0.2, 0) is 19.4 Å². The summed E-state index contributed by atoms with van der Waals surface area (Å²) in [6.45, 7) is 2.59. The molecule has 1 aromatic carbocycles. The SMILES string of the molecule is CC(N)Cc1nccn1CCc1ccccc1[N+](=O)[O-]. The minimum absolute atomic E-state index is 0.0437. The molecule has 0 saturated carbocycles. The monoisotopic (exact) mass is 274 g/mol. The van der Waals surface area contributed by atoms with Crippen molar-refractivity contribution in [3.63, 3.8) is 0 Å². The van der Waals surface area contributed by atoms with Crippen LogP contribution in [0.2, 0.25) is 0 Å². The molecule has 1 unspecified atom stereocenters. The van der Waals surface area contributed by atoms with Crippen molar-refractivity contribution in [2.24, 2.45) is 5.73 Å². The van der Waals surface area contributed by atoms with E-state index in [0.717, 1.165) is 11.4 Å². The van der Waals surface area contributed by atoms with Crippen molar-refractivity contribution in [1.29, 1.82) is 0 Å². The van der Waals surface area contributed by atoms with Gasteiger partial charge in [-0.2, -0.15) is 0 Å². The average Bonchev–Trinajstić information content (AvgIpc) is 2.83. The summed E-state index contributed by atoms with van der Waals surface area (Å²) < 4.78 is 2.00. The molecule has 0 amide bonds. The van der Waals surface area contributed by atoms with Crippen LogP contribution < -0.4 is 5.73 Å². The van der Waals surface area contributed by atoms with E-state index in [2.05, 4.69) is 4.98 Å². The molecule has 0 fully saturated rings. The fourth-order valence-electron chi connectivity index (χ4n) is 2.16. The Bertz CT molecular complexity index is 592. The Morgan fingerprint density at radius 2 is 2.20 bits per heavy atom. The molecule has 0 aliphatic rings. The van der Waals surface area contributed by atoms with Gasteiger partial charge in [0.25, 0.3) is 5.69 Å². The summed E-state index contributed by atoms with van der Waals surface area (Å²) in [5.74, 6) is 0.915. The molecule has 6 nitrogen and oxygen atoms in total. The normalized spacial score (nSPS) is 12.3. The Morgan fingerprint density at radius 1 is 1.45 bits per heavy atom. The topological polar surface area (TPSA) is 87.0 Å². The number of nitrogens with two attached hydrogens (primary N) is 1. The van der Waals surface area contributed by atoms with Crippen LogP contribution in [0.5, 0.6) is 0 Å². The number of para-hydroxylation sites is 1. The van der Waals surface area contributed by atoms with E-state index in [-0.39, 0.29) is 16.7 Å². The highest BCUT2D eigenvalue weighted by molar-refractivity contribution is 5.39. The van der Waals surface area contributed by atoms with Crippen molar-refractivity contribution >= 4 is 5.69 Å². The van der Waals surface area contributed by atoms with Crippen LogP contribution in [0.3, 0.4) is 0 Å². The Balaban J connectivity index is 2.10. The Kier molecular flexibility index (Phi) is 4.47. The molecule has 1 heterocycles. The standard InChI is InChI=1S/C14H18N4O2/c1-11(15)10-14-16-7-9-17(14)8-6-12-4-2-3-5-13(12)18(19)20/h2-5,7,9,11H,6,8,10,15H2,1H3. The molecule has 1 atom stereocenters. The molecule has 106 valence electrons. The number of nitro benzene ring substituents is 1. The molecule has 0 saturated heterocycles. The first-order chi connectivity index (χ1) is 9.58. The van der Waals surface area contributed by atoms with Crippen molar-refractivity contribution in [3.05, 3.63) is 58.2 Å². The quantitative estimate of drug-likeness (QED) is 0.644. The van der Waals surface area contributed by atoms with Crippen molar-refractivity contribution < 1.29 is 4.92 Å². The third-order valence-corrected chi connectivity index (χ3v) is 3.12. The molecule has 0 spiro atoms. The van der Waals surface area contributed by atoms with E-state index in [0.29, 0.717) is 19.4 Å². The predicted molar refractivity (Wildman–Crippen MR) is 76.4 cm³/mol. The molecule has 0 bridgehead atoms. The summed E-state index contributed by atoms with van der Waals surface area (Å²) in [7, 11) is 0. The number of rotatable bonds is 6. The third-order valence-electron chi connectivity index (χ3n) is 3.12. The molecule has 6 heteroatoms. The highest BCUT2D eigenvalue weighted by Gasteiger charge is 2.13. The number of hydrogen-bond donors (Lipinski definition) is 1. The van der Waals surface area contributed by atoms with Gasteiger partial charge >= 0.3 is 0 Å². The van der Waals surface area contributed by atoms with Gasteiger partial charge in [0.2, 0.25) is 0 Å². The maximum absolute atomic E-state index is 11.0. The van der Waals surface area contributed by atoms with E-state index in [4.69, 9.17) is 5.73 Å². The maximum Gasteiger partial charge on any atom is 0.272 e. The van der Waals surface area contributed by atoms with Crippen LogP contribution in [0.1, 0.15) is 18.3 Å². The van der Waals surface area contributed by atoms with Gasteiger partial charge < -0.3 is 10.3 Å². The lowest BCUT2D eigenvalue weighted by molar-refractivity contribution is -0.385. The van der Waals surface area contributed by atoms with Crippen LogP contribution in [0, 0.1) is 10.1 Å². The minimum atomic E-state index is -0.341. The van der Waals surface area contributed by atoms with Crippen LogP contribution in [0.25, 0.3) is 0 Å². The molecule has 0 aliphatic heterocycles. The first kappa shape index (κ1) is 14.2. The van der Waals surface area contributed by atoms with Gasteiger partial charge in [-0.1, -0.05) is 18.2 Å². The largest absolute Gasteiger partial charge is 0.335 e. The molecule has 20 heavy (non-hydrogen) atoms. The number of hydrogen-bond acceptors (Lipinski definition) is 4. The fourth-order valence-corrected chi connectivity index (χ4v) is 2.16. The summed E-state index contributed by atoms with van der Waals surface area (Å²) >= 11 is 0. The van der Waals surface area contributed by atoms with E-state index < -0.39 is 0 Å². The maximum atomic E-state index is 11.0. The van der Waals surface area contributed by atoms with E-state index in [1.807, 2.05) is 23.8 Å². The molecule has 2 rings (SSSR count). The summed E-state index contributed by atoms with van der Waals surface area (Å²) in [4.78, 5) is 14.9. The highest BCUT2D eigenvalue weighted by atomic mass is 16.6. The van der Waals surface area contributed by atoms with Crippen molar-refractivity contribution in [2.45, 2.75) is 32.4 Å². The molecule has 1 aromatic heterocycles. The zero-order valence-corrected chi connectivity index (χ0v) is 11.4. The summed E-state index contributed by atoms with van der Waals surface area (Å²) in [5.41, 5.74) is 6.68. The number of aryl methyl sites for hydroxylation is 2. The van der Waals surface area contributed by atoms with Crippen molar-refractivity contribution in [1.82, 2.24) is 9.55 Å². The number of nitrogens with zero attached hydrogens (tertiary/aromatic N) is 3. The van der Waals surface area contributed by atoms with Gasteiger partial charge in [-0.3, -0.25) is 10.1 Å². The van der Waals surface area contributed by atoms with E-state index in [9.17, 15) is 10.1 Å². The third kappa shape index (κ3) is 3.42. The van der Waals surface area contributed by atoms with E-state index >= 15 is 0 Å². The van der Waals surface area contributed by atoms with Gasteiger partial charge in [0, 0.05) is 43.0 Å². The Morgan fingerprint density at radius 3 is 2.90 bits per heavy atom. The summed E-state index contributed by atoms with van der Waals surface area (Å²) in [6, 6.07) is 6.87. The Labute approximate surface area is 117 Å². The minimum Gasteiger partial charge on any atom is -0.335 e. The number of benzene rings is 1. The molecule has 2 aromatic rings. The Hall–Kier alpha value is -2.21. The number of imidazole rings is 1. The molecule has 0 radical (unpaired) electrons. The molecule has 0 aliphatic carbocycles. The smallest absolute Gasteiger partial charge is 0.272 e. The second-order valence-corrected chi connectivity index (χ2v) is 4.85. The zero-order chi connectivity index (χ0) is 14.5. The van der Waals surface area contributed by atoms with Gasteiger partial charge in [-0.25, -0.2) is 4.98 Å². The van der Waals surface area contributed by atoms with Crippen LogP contribution in [0.15, 0.2) is 36.7 Å². The molecule has 2 N–H and O–H groups in total. The first-order valence-corrected chi connectivity index (χ1v) is 6.56. The fraction of sp³-hybridized carbons (Fsp3) is 0.357. The van der Waals surface area contributed by atoms with Crippen molar-refractivity contribution in [3.8, 4) is 0 Å². The van der Waals surface area contributed by atoms with Crippen molar-refractivity contribution in [2.75, 3.05) is 0 Å². The van der Waals surface area contributed by atoms with Gasteiger partial charge in [-0.15, -0.1) is 0 Å². The van der Waals surface area contributed by atoms with E-state index in [1.54, 1.807) is 18.3 Å². The van der Waals surface area contributed by atoms with Crippen LogP contribution in [0.4, 0.5) is 5.69 Å². The predicted octanol–water partition coefficient (Wildman–Crippen LogP) is 1.92.